The van der Waals surface area contributed by atoms with Gasteiger partial charge in [-0.25, -0.2) is 0 Å². The molecule has 0 bridgehead atoms. The molecule has 3 nitrogen and oxygen atoms in total. The van der Waals surface area contributed by atoms with Crippen LogP contribution in [-0.2, 0) is 4.79 Å². The van der Waals surface area contributed by atoms with E-state index in [0.29, 0.717) is 18.0 Å². The summed E-state index contributed by atoms with van der Waals surface area (Å²) in [5.41, 5.74) is 1.43. The number of hydrogen-bond donors (Lipinski definition) is 1. The topological polar surface area (TPSA) is 32.3 Å². The minimum Gasteiger partial charge on any atom is -0.341 e. The van der Waals surface area contributed by atoms with Crippen molar-refractivity contribution in [2.45, 2.75) is 43.7 Å². The highest BCUT2D eigenvalue weighted by Gasteiger charge is 2.30. The van der Waals surface area contributed by atoms with Crippen LogP contribution in [0, 0.1) is 5.92 Å². The molecule has 1 aromatic carbocycles. The van der Waals surface area contributed by atoms with Gasteiger partial charge in [0.1, 0.15) is 0 Å². The number of hydrogen-bond acceptors (Lipinski definition) is 3. The van der Waals surface area contributed by atoms with Crippen LogP contribution < -0.4 is 5.32 Å². The van der Waals surface area contributed by atoms with E-state index in [1.165, 1.54) is 22.6 Å². The Morgan fingerprint density at radius 3 is 2.95 bits per heavy atom. The van der Waals surface area contributed by atoms with Crippen molar-refractivity contribution in [1.29, 1.82) is 0 Å². The highest BCUT2D eigenvalue weighted by molar-refractivity contribution is 7.99. The van der Waals surface area contributed by atoms with E-state index in [1.807, 2.05) is 30.5 Å². The number of thioether (sulfide) groups is 1. The van der Waals surface area contributed by atoms with Crippen molar-refractivity contribution in [3.8, 4) is 0 Å². The Morgan fingerprint density at radius 1 is 1.33 bits per heavy atom. The predicted octanol–water partition coefficient (Wildman–Crippen LogP) is 3.07. The fourth-order valence-electron chi connectivity index (χ4n) is 3.26. The summed E-state index contributed by atoms with van der Waals surface area (Å²) in [5, 5.41) is 3.79. The third-order valence-electron chi connectivity index (χ3n) is 4.39. The van der Waals surface area contributed by atoms with Gasteiger partial charge in [0.25, 0.3) is 0 Å². The first-order valence-corrected chi connectivity index (χ1v) is 8.90. The normalized spacial score (nSPS) is 25.2. The van der Waals surface area contributed by atoms with E-state index in [2.05, 4.69) is 29.6 Å². The second kappa shape index (κ2) is 6.41. The molecule has 0 spiro atoms. The van der Waals surface area contributed by atoms with Crippen LogP contribution >= 0.6 is 11.8 Å². The lowest BCUT2D eigenvalue weighted by molar-refractivity contribution is -0.133. The van der Waals surface area contributed by atoms with E-state index >= 15 is 0 Å². The summed E-state index contributed by atoms with van der Waals surface area (Å²) < 4.78 is 0. The maximum atomic E-state index is 12.1. The van der Waals surface area contributed by atoms with E-state index < -0.39 is 0 Å². The van der Waals surface area contributed by atoms with E-state index in [-0.39, 0.29) is 5.92 Å². The number of fused-ring (bicyclic) bond motifs is 1. The number of nitrogens with zero attached hydrogens (tertiary/aromatic N) is 1. The number of amides is 1. The monoisotopic (exact) mass is 304 g/mol. The van der Waals surface area contributed by atoms with Gasteiger partial charge in [-0.05, 0) is 30.2 Å². The van der Waals surface area contributed by atoms with Crippen molar-refractivity contribution in [3.63, 3.8) is 0 Å². The van der Waals surface area contributed by atoms with Crippen molar-refractivity contribution in [3.05, 3.63) is 29.8 Å². The van der Waals surface area contributed by atoms with Crippen LogP contribution in [0.15, 0.2) is 29.2 Å². The van der Waals surface area contributed by atoms with Gasteiger partial charge in [-0.1, -0.05) is 32.0 Å². The van der Waals surface area contributed by atoms with E-state index in [4.69, 9.17) is 0 Å². The molecule has 0 unspecified atom stereocenters. The molecular formula is C17H24N2OS. The third kappa shape index (κ3) is 3.27. The first kappa shape index (κ1) is 14.9. The second-order valence-electron chi connectivity index (χ2n) is 6.32. The minimum atomic E-state index is 0.107. The smallest absolute Gasteiger partial charge is 0.225 e. The summed E-state index contributed by atoms with van der Waals surface area (Å²) in [5.74, 6) is 1.57. The Balaban J connectivity index is 1.63. The van der Waals surface area contributed by atoms with Crippen LogP contribution in [0.1, 0.15) is 38.3 Å². The number of likely N-dealkylation sites (tertiary alicyclic amines) is 1. The largest absolute Gasteiger partial charge is 0.341 e. The van der Waals surface area contributed by atoms with E-state index in [9.17, 15) is 4.79 Å². The van der Waals surface area contributed by atoms with Crippen LogP contribution in [0.4, 0.5) is 0 Å². The standard InChI is InChI=1S/C17H24N2OS/c1-12(2)17(20)19-9-7-13(11-19)18-15-8-10-21-16-6-4-3-5-14(15)16/h3-6,12-13,15,18H,7-11H2,1-2H3/t13-,15-/m0/s1. The van der Waals surface area contributed by atoms with Gasteiger partial charge in [0.2, 0.25) is 5.91 Å². The minimum absolute atomic E-state index is 0.107. The average Bonchev–Trinajstić information content (AvgIpc) is 2.95. The Kier molecular flexibility index (Phi) is 4.55. The molecule has 0 radical (unpaired) electrons. The molecule has 1 saturated heterocycles. The van der Waals surface area contributed by atoms with Crippen molar-refractivity contribution < 1.29 is 4.79 Å². The second-order valence-corrected chi connectivity index (χ2v) is 7.46. The van der Waals surface area contributed by atoms with Crippen LogP contribution in [0.2, 0.25) is 0 Å². The van der Waals surface area contributed by atoms with Crippen molar-refractivity contribution in [2.24, 2.45) is 5.92 Å². The predicted molar refractivity (Wildman–Crippen MR) is 87.5 cm³/mol. The maximum Gasteiger partial charge on any atom is 0.225 e. The molecule has 2 aliphatic rings. The number of nitrogens with one attached hydrogen (secondary N) is 1. The molecule has 0 saturated carbocycles. The van der Waals surface area contributed by atoms with Crippen molar-refractivity contribution in [1.82, 2.24) is 10.2 Å². The lowest BCUT2D eigenvalue weighted by Crippen LogP contribution is -2.39. The highest BCUT2D eigenvalue weighted by Crippen LogP contribution is 2.36. The van der Waals surface area contributed by atoms with Gasteiger partial charge in [0, 0.05) is 36.0 Å². The van der Waals surface area contributed by atoms with Crippen LogP contribution in [0.3, 0.4) is 0 Å². The average molecular weight is 304 g/mol. The van der Waals surface area contributed by atoms with Gasteiger partial charge < -0.3 is 10.2 Å². The van der Waals surface area contributed by atoms with E-state index in [0.717, 1.165) is 19.5 Å². The number of carbonyl (C=O) groups excluding carboxylic acids is 1. The summed E-state index contributed by atoms with van der Waals surface area (Å²) in [6.45, 7) is 5.73. The molecule has 1 amide bonds. The zero-order chi connectivity index (χ0) is 14.8. The Hall–Kier alpha value is -1.00. The van der Waals surface area contributed by atoms with Crippen LogP contribution in [0.25, 0.3) is 0 Å². The Labute approximate surface area is 131 Å². The Morgan fingerprint density at radius 2 is 2.14 bits per heavy atom. The zero-order valence-corrected chi connectivity index (χ0v) is 13.7. The molecule has 2 heterocycles. The fourth-order valence-corrected chi connectivity index (χ4v) is 4.39. The zero-order valence-electron chi connectivity index (χ0n) is 12.8. The molecule has 1 fully saturated rings. The first-order valence-electron chi connectivity index (χ1n) is 7.91. The summed E-state index contributed by atoms with van der Waals surface area (Å²) in [6.07, 6.45) is 2.25. The van der Waals surface area contributed by atoms with Gasteiger partial charge >= 0.3 is 0 Å². The SMILES string of the molecule is CC(C)C(=O)N1CC[C@H](N[C@H]2CCSc3ccccc32)C1. The molecule has 2 aliphatic heterocycles. The van der Waals surface area contributed by atoms with E-state index in [1.54, 1.807) is 0 Å². The van der Waals surface area contributed by atoms with Crippen molar-refractivity contribution in [2.75, 3.05) is 18.8 Å². The summed E-state index contributed by atoms with van der Waals surface area (Å²) in [6, 6.07) is 9.59. The number of carbonyl (C=O) groups is 1. The first-order chi connectivity index (χ1) is 10.1. The number of benzene rings is 1. The molecule has 3 rings (SSSR count). The molecule has 1 N–H and O–H groups in total. The third-order valence-corrected chi connectivity index (χ3v) is 5.51. The molecule has 0 aromatic heterocycles. The molecular weight excluding hydrogens is 280 g/mol. The highest BCUT2D eigenvalue weighted by atomic mass is 32.2. The molecule has 114 valence electrons. The molecule has 21 heavy (non-hydrogen) atoms. The van der Waals surface area contributed by atoms with Gasteiger partial charge in [-0.15, -0.1) is 11.8 Å². The molecule has 2 atom stereocenters. The van der Waals surface area contributed by atoms with Gasteiger partial charge in [-0.3, -0.25) is 4.79 Å². The Bertz CT molecular complexity index is 517. The van der Waals surface area contributed by atoms with Gasteiger partial charge in [0.05, 0.1) is 0 Å². The lowest BCUT2D eigenvalue weighted by atomic mass is 10.0. The lowest BCUT2D eigenvalue weighted by Gasteiger charge is -2.29. The summed E-state index contributed by atoms with van der Waals surface area (Å²) >= 11 is 1.96. The maximum absolute atomic E-state index is 12.1. The molecule has 1 aromatic rings. The van der Waals surface area contributed by atoms with Gasteiger partial charge in [0.15, 0.2) is 0 Å². The summed E-state index contributed by atoms with van der Waals surface area (Å²) in [7, 11) is 0. The van der Waals surface area contributed by atoms with Crippen molar-refractivity contribution >= 4 is 17.7 Å². The molecule has 4 heteroatoms. The quantitative estimate of drug-likeness (QED) is 0.931. The molecule has 0 aliphatic carbocycles. The van der Waals surface area contributed by atoms with Crippen LogP contribution in [0.5, 0.6) is 0 Å². The fraction of sp³-hybridized carbons (Fsp3) is 0.588. The van der Waals surface area contributed by atoms with Gasteiger partial charge in [-0.2, -0.15) is 0 Å². The van der Waals surface area contributed by atoms with Crippen LogP contribution in [-0.4, -0.2) is 35.7 Å². The summed E-state index contributed by atoms with van der Waals surface area (Å²) in [4.78, 5) is 15.5. The number of rotatable bonds is 3.